The lowest BCUT2D eigenvalue weighted by Gasteiger charge is -2.11. The van der Waals surface area contributed by atoms with E-state index in [-0.39, 0.29) is 5.92 Å². The highest BCUT2D eigenvalue weighted by Gasteiger charge is 2.05. The quantitative estimate of drug-likeness (QED) is 0.742. The molecule has 0 amide bonds. The van der Waals surface area contributed by atoms with Gasteiger partial charge >= 0.3 is 0 Å². The minimum Gasteiger partial charge on any atom is -0.490 e. The van der Waals surface area contributed by atoms with Crippen LogP contribution in [-0.4, -0.2) is 13.2 Å². The van der Waals surface area contributed by atoms with Gasteiger partial charge in [0.25, 0.3) is 0 Å². The number of hydrogen-bond donors (Lipinski definition) is 0. The number of ether oxygens (including phenoxy) is 2. The third kappa shape index (κ3) is 3.51. The topological polar surface area (TPSA) is 42.2 Å². The van der Waals surface area contributed by atoms with E-state index in [0.717, 1.165) is 5.75 Å². The summed E-state index contributed by atoms with van der Waals surface area (Å²) in [6.07, 6.45) is 0. The highest BCUT2D eigenvalue weighted by Crippen LogP contribution is 2.26. The molecule has 1 rings (SSSR count). The van der Waals surface area contributed by atoms with Crippen LogP contribution in [0.25, 0.3) is 0 Å². The summed E-state index contributed by atoms with van der Waals surface area (Å²) in [5, 5.41) is 8.62. The van der Waals surface area contributed by atoms with Crippen molar-refractivity contribution in [2.45, 2.75) is 13.8 Å². The Kier molecular flexibility index (Phi) is 4.49. The SMILES string of the molecule is CCOc1ccccc1OCC(C)C#N. The van der Waals surface area contributed by atoms with Gasteiger partial charge < -0.3 is 9.47 Å². The fourth-order valence-electron chi connectivity index (χ4n) is 1.10. The zero-order valence-electron chi connectivity index (χ0n) is 9.06. The summed E-state index contributed by atoms with van der Waals surface area (Å²) in [5.74, 6) is 1.31. The Bertz CT molecular complexity index is 344. The van der Waals surface area contributed by atoms with E-state index < -0.39 is 0 Å². The monoisotopic (exact) mass is 205 g/mol. The zero-order chi connectivity index (χ0) is 11.1. The van der Waals surface area contributed by atoms with Crippen molar-refractivity contribution in [1.29, 1.82) is 5.26 Å². The van der Waals surface area contributed by atoms with Gasteiger partial charge in [-0.3, -0.25) is 0 Å². The summed E-state index contributed by atoms with van der Waals surface area (Å²) < 4.78 is 10.9. The molecule has 0 saturated heterocycles. The molecule has 1 aromatic rings. The van der Waals surface area contributed by atoms with Crippen molar-refractivity contribution < 1.29 is 9.47 Å². The molecule has 80 valence electrons. The van der Waals surface area contributed by atoms with Crippen LogP contribution in [0.1, 0.15) is 13.8 Å². The van der Waals surface area contributed by atoms with Crippen molar-refractivity contribution in [1.82, 2.24) is 0 Å². The molecule has 3 heteroatoms. The van der Waals surface area contributed by atoms with Gasteiger partial charge in [-0.1, -0.05) is 12.1 Å². The average Bonchev–Trinajstić information content (AvgIpc) is 2.28. The molecule has 0 aliphatic heterocycles. The molecule has 0 N–H and O–H groups in total. The van der Waals surface area contributed by atoms with E-state index in [1.807, 2.05) is 38.1 Å². The Morgan fingerprint density at radius 1 is 1.27 bits per heavy atom. The molecule has 0 spiro atoms. The fourth-order valence-corrected chi connectivity index (χ4v) is 1.10. The maximum Gasteiger partial charge on any atom is 0.161 e. The van der Waals surface area contributed by atoms with Crippen LogP contribution in [0, 0.1) is 17.2 Å². The first-order chi connectivity index (χ1) is 7.27. The third-order valence-electron chi connectivity index (χ3n) is 1.86. The Morgan fingerprint density at radius 2 is 1.87 bits per heavy atom. The molecule has 1 aromatic carbocycles. The van der Waals surface area contributed by atoms with E-state index in [0.29, 0.717) is 19.0 Å². The third-order valence-corrected chi connectivity index (χ3v) is 1.86. The van der Waals surface area contributed by atoms with Crippen LogP contribution >= 0.6 is 0 Å². The van der Waals surface area contributed by atoms with Crippen LogP contribution in [0.15, 0.2) is 24.3 Å². The van der Waals surface area contributed by atoms with Crippen LogP contribution < -0.4 is 9.47 Å². The van der Waals surface area contributed by atoms with Gasteiger partial charge in [0.05, 0.1) is 18.6 Å². The first kappa shape index (κ1) is 11.4. The van der Waals surface area contributed by atoms with Crippen molar-refractivity contribution in [2.24, 2.45) is 5.92 Å². The number of benzene rings is 1. The van der Waals surface area contributed by atoms with Gasteiger partial charge in [-0.25, -0.2) is 0 Å². The molecule has 0 bridgehead atoms. The van der Waals surface area contributed by atoms with Gasteiger partial charge in [0.1, 0.15) is 6.61 Å². The van der Waals surface area contributed by atoms with Crippen molar-refractivity contribution in [3.05, 3.63) is 24.3 Å². The predicted octanol–water partition coefficient (Wildman–Crippen LogP) is 2.62. The summed E-state index contributed by atoms with van der Waals surface area (Å²) in [5.41, 5.74) is 0. The van der Waals surface area contributed by atoms with E-state index in [1.165, 1.54) is 0 Å². The van der Waals surface area contributed by atoms with Crippen molar-refractivity contribution in [3.63, 3.8) is 0 Å². The lowest BCUT2D eigenvalue weighted by atomic mass is 10.2. The molecule has 15 heavy (non-hydrogen) atoms. The lowest BCUT2D eigenvalue weighted by molar-refractivity contribution is 0.259. The summed E-state index contributed by atoms with van der Waals surface area (Å²) >= 11 is 0. The Hall–Kier alpha value is -1.69. The molecular weight excluding hydrogens is 190 g/mol. The summed E-state index contributed by atoms with van der Waals surface area (Å²) in [4.78, 5) is 0. The van der Waals surface area contributed by atoms with Crippen LogP contribution in [-0.2, 0) is 0 Å². The average molecular weight is 205 g/mol. The number of rotatable bonds is 5. The summed E-state index contributed by atoms with van der Waals surface area (Å²) in [6, 6.07) is 9.60. The van der Waals surface area contributed by atoms with Crippen molar-refractivity contribution in [2.75, 3.05) is 13.2 Å². The van der Waals surface area contributed by atoms with E-state index in [1.54, 1.807) is 0 Å². The zero-order valence-corrected chi connectivity index (χ0v) is 9.06. The molecule has 1 unspecified atom stereocenters. The number of hydrogen-bond acceptors (Lipinski definition) is 3. The highest BCUT2D eigenvalue weighted by atomic mass is 16.5. The Morgan fingerprint density at radius 3 is 2.40 bits per heavy atom. The normalized spacial score (nSPS) is 11.5. The maximum atomic E-state index is 8.62. The predicted molar refractivity (Wildman–Crippen MR) is 57.9 cm³/mol. The van der Waals surface area contributed by atoms with Gasteiger partial charge in [0, 0.05) is 0 Å². The number of nitriles is 1. The summed E-state index contributed by atoms with van der Waals surface area (Å²) in [7, 11) is 0. The number of para-hydroxylation sites is 2. The second-order valence-electron chi connectivity index (χ2n) is 3.22. The Balaban J connectivity index is 2.63. The first-order valence-corrected chi connectivity index (χ1v) is 5.02. The molecule has 3 nitrogen and oxygen atoms in total. The highest BCUT2D eigenvalue weighted by molar-refractivity contribution is 5.39. The molecule has 0 heterocycles. The largest absolute Gasteiger partial charge is 0.490 e. The summed E-state index contributed by atoms with van der Waals surface area (Å²) in [6.45, 7) is 4.74. The molecule has 1 atom stereocenters. The molecule has 0 aromatic heterocycles. The fraction of sp³-hybridized carbons (Fsp3) is 0.417. The second-order valence-corrected chi connectivity index (χ2v) is 3.22. The van der Waals surface area contributed by atoms with E-state index in [4.69, 9.17) is 14.7 Å². The van der Waals surface area contributed by atoms with Crippen LogP contribution in [0.3, 0.4) is 0 Å². The van der Waals surface area contributed by atoms with Crippen LogP contribution in [0.5, 0.6) is 11.5 Å². The smallest absolute Gasteiger partial charge is 0.161 e. The number of nitrogens with zero attached hydrogens (tertiary/aromatic N) is 1. The molecule has 0 aliphatic rings. The van der Waals surface area contributed by atoms with Gasteiger partial charge in [0.15, 0.2) is 11.5 Å². The molecule has 0 aliphatic carbocycles. The molecular formula is C12H15NO2. The lowest BCUT2D eigenvalue weighted by Crippen LogP contribution is -2.07. The maximum absolute atomic E-state index is 8.62. The van der Waals surface area contributed by atoms with Crippen molar-refractivity contribution in [3.8, 4) is 17.6 Å². The molecule has 0 radical (unpaired) electrons. The minimum atomic E-state index is -0.111. The van der Waals surface area contributed by atoms with E-state index in [2.05, 4.69) is 6.07 Å². The van der Waals surface area contributed by atoms with Crippen LogP contribution in [0.2, 0.25) is 0 Å². The van der Waals surface area contributed by atoms with E-state index in [9.17, 15) is 0 Å². The Labute approximate surface area is 90.2 Å². The first-order valence-electron chi connectivity index (χ1n) is 5.02. The minimum absolute atomic E-state index is 0.111. The standard InChI is InChI=1S/C12H15NO2/c1-3-14-11-6-4-5-7-12(11)15-9-10(2)8-13/h4-7,10H,3,9H2,1-2H3. The van der Waals surface area contributed by atoms with Gasteiger partial charge in [-0.05, 0) is 26.0 Å². The van der Waals surface area contributed by atoms with Gasteiger partial charge in [-0.15, -0.1) is 0 Å². The molecule has 0 fully saturated rings. The second kappa shape index (κ2) is 5.92. The van der Waals surface area contributed by atoms with Gasteiger partial charge in [-0.2, -0.15) is 5.26 Å². The molecule has 0 saturated carbocycles. The van der Waals surface area contributed by atoms with E-state index >= 15 is 0 Å². The van der Waals surface area contributed by atoms with Gasteiger partial charge in [0.2, 0.25) is 0 Å². The van der Waals surface area contributed by atoms with Crippen molar-refractivity contribution >= 4 is 0 Å². The van der Waals surface area contributed by atoms with Crippen LogP contribution in [0.4, 0.5) is 0 Å².